The van der Waals surface area contributed by atoms with Crippen molar-refractivity contribution in [1.29, 1.82) is 0 Å². The monoisotopic (exact) mass is 207 g/mol. The number of aliphatic hydroxyl groups excluding tert-OH is 1. The molecule has 0 heterocycles. The number of nitrogens with one attached hydrogen (secondary N) is 1. The van der Waals surface area contributed by atoms with Gasteiger partial charge in [-0.1, -0.05) is 19.3 Å². The van der Waals surface area contributed by atoms with E-state index < -0.39 is 15.6 Å². The van der Waals surface area contributed by atoms with Gasteiger partial charge in [0.15, 0.2) is 0 Å². The summed E-state index contributed by atoms with van der Waals surface area (Å²) in [6.45, 7) is -0.0972. The summed E-state index contributed by atoms with van der Waals surface area (Å²) in [6.07, 6.45) is 5.74. The van der Waals surface area contributed by atoms with Crippen molar-refractivity contribution in [3.8, 4) is 0 Å². The number of aliphatic hydroxyl groups is 1. The second kappa shape index (κ2) is 3.94. The first-order chi connectivity index (χ1) is 5.97. The minimum atomic E-state index is -3.20. The number of hydrogen-bond donors (Lipinski definition) is 2. The van der Waals surface area contributed by atoms with Crippen molar-refractivity contribution < 1.29 is 13.5 Å². The molecule has 1 rings (SSSR count). The van der Waals surface area contributed by atoms with Crippen LogP contribution in [0, 0.1) is 0 Å². The molecule has 0 aromatic carbocycles. The highest BCUT2D eigenvalue weighted by Gasteiger charge is 2.33. The van der Waals surface area contributed by atoms with E-state index in [1.165, 1.54) is 0 Å². The summed E-state index contributed by atoms with van der Waals surface area (Å²) in [5, 5.41) is 9.18. The van der Waals surface area contributed by atoms with Gasteiger partial charge in [0.25, 0.3) is 0 Å². The third-order valence-corrected chi connectivity index (χ3v) is 3.32. The molecule has 0 bridgehead atoms. The van der Waals surface area contributed by atoms with Crippen LogP contribution in [-0.4, -0.2) is 31.9 Å². The molecule has 4 nitrogen and oxygen atoms in total. The zero-order valence-electron chi connectivity index (χ0n) is 7.91. The lowest BCUT2D eigenvalue weighted by Crippen LogP contribution is -2.52. The van der Waals surface area contributed by atoms with E-state index in [-0.39, 0.29) is 6.61 Å². The standard InChI is InChI=1S/C8H17NO3S/c1-13(11,12)9-8(7-10)5-3-2-4-6-8/h9-10H,2-7H2,1H3. The zero-order valence-corrected chi connectivity index (χ0v) is 8.73. The minimum absolute atomic E-state index is 0.0972. The lowest BCUT2D eigenvalue weighted by molar-refractivity contribution is 0.142. The highest BCUT2D eigenvalue weighted by molar-refractivity contribution is 7.88. The Morgan fingerprint density at radius 2 is 1.85 bits per heavy atom. The van der Waals surface area contributed by atoms with Gasteiger partial charge in [-0.15, -0.1) is 0 Å². The van der Waals surface area contributed by atoms with Crippen LogP contribution < -0.4 is 4.72 Å². The van der Waals surface area contributed by atoms with Crippen LogP contribution in [0.2, 0.25) is 0 Å². The highest BCUT2D eigenvalue weighted by Crippen LogP contribution is 2.28. The normalized spacial score (nSPS) is 22.9. The Morgan fingerprint density at radius 3 is 2.23 bits per heavy atom. The first kappa shape index (κ1) is 10.9. The van der Waals surface area contributed by atoms with E-state index in [4.69, 9.17) is 0 Å². The van der Waals surface area contributed by atoms with Crippen molar-refractivity contribution in [1.82, 2.24) is 4.72 Å². The summed E-state index contributed by atoms with van der Waals surface area (Å²) in [5.41, 5.74) is -0.578. The lowest BCUT2D eigenvalue weighted by atomic mass is 9.83. The first-order valence-corrected chi connectivity index (χ1v) is 6.46. The molecule has 0 amide bonds. The molecule has 0 saturated heterocycles. The summed E-state index contributed by atoms with van der Waals surface area (Å²) in [5.74, 6) is 0. The molecular weight excluding hydrogens is 190 g/mol. The van der Waals surface area contributed by atoms with Crippen LogP contribution in [0.4, 0.5) is 0 Å². The second-order valence-electron chi connectivity index (χ2n) is 3.87. The van der Waals surface area contributed by atoms with Gasteiger partial charge in [-0.25, -0.2) is 13.1 Å². The van der Waals surface area contributed by atoms with E-state index >= 15 is 0 Å². The summed E-state index contributed by atoms with van der Waals surface area (Å²) in [4.78, 5) is 0. The van der Waals surface area contributed by atoms with Crippen LogP contribution >= 0.6 is 0 Å². The van der Waals surface area contributed by atoms with Crippen molar-refractivity contribution in [2.24, 2.45) is 0 Å². The van der Waals surface area contributed by atoms with Gasteiger partial charge in [0.2, 0.25) is 10.0 Å². The van der Waals surface area contributed by atoms with E-state index in [1.54, 1.807) is 0 Å². The molecule has 0 atom stereocenters. The molecule has 13 heavy (non-hydrogen) atoms. The van der Waals surface area contributed by atoms with Gasteiger partial charge in [0.1, 0.15) is 0 Å². The molecule has 1 fully saturated rings. The summed E-state index contributed by atoms with van der Waals surface area (Å²) in [6, 6.07) is 0. The topological polar surface area (TPSA) is 66.4 Å². The Labute approximate surface area is 79.4 Å². The Bertz CT molecular complexity index is 255. The maximum absolute atomic E-state index is 11.0. The average Bonchev–Trinajstić information content (AvgIpc) is 2.03. The van der Waals surface area contributed by atoms with Crippen LogP contribution in [0.15, 0.2) is 0 Å². The second-order valence-corrected chi connectivity index (χ2v) is 5.62. The Balaban J connectivity index is 2.68. The fourth-order valence-electron chi connectivity index (χ4n) is 1.91. The molecule has 1 aliphatic carbocycles. The van der Waals surface area contributed by atoms with Crippen LogP contribution in [0.5, 0.6) is 0 Å². The van der Waals surface area contributed by atoms with Gasteiger partial charge in [-0.2, -0.15) is 0 Å². The third-order valence-electron chi connectivity index (χ3n) is 2.52. The largest absolute Gasteiger partial charge is 0.394 e. The Kier molecular flexibility index (Phi) is 3.32. The third kappa shape index (κ3) is 3.25. The van der Waals surface area contributed by atoms with Crippen LogP contribution in [0.1, 0.15) is 32.1 Å². The highest BCUT2D eigenvalue weighted by atomic mass is 32.2. The fraction of sp³-hybridized carbons (Fsp3) is 1.00. The molecular formula is C8H17NO3S. The van der Waals surface area contributed by atoms with Gasteiger partial charge in [0.05, 0.1) is 18.4 Å². The quantitative estimate of drug-likeness (QED) is 0.696. The van der Waals surface area contributed by atoms with Crippen LogP contribution in [-0.2, 0) is 10.0 Å². The zero-order chi connectivity index (χ0) is 9.95. The number of hydrogen-bond acceptors (Lipinski definition) is 3. The van der Waals surface area contributed by atoms with Crippen molar-refractivity contribution in [3.05, 3.63) is 0 Å². The Morgan fingerprint density at radius 1 is 1.31 bits per heavy atom. The summed E-state index contributed by atoms with van der Waals surface area (Å²) < 4.78 is 24.6. The first-order valence-electron chi connectivity index (χ1n) is 4.57. The van der Waals surface area contributed by atoms with E-state index in [1.807, 2.05) is 0 Å². The predicted octanol–water partition coefficient (Wildman–Crippen LogP) is 0.231. The molecule has 1 saturated carbocycles. The SMILES string of the molecule is CS(=O)(=O)NC1(CO)CCCCC1. The van der Waals surface area contributed by atoms with Crippen molar-refractivity contribution >= 4 is 10.0 Å². The van der Waals surface area contributed by atoms with E-state index in [9.17, 15) is 13.5 Å². The van der Waals surface area contributed by atoms with Crippen LogP contribution in [0.3, 0.4) is 0 Å². The predicted molar refractivity (Wildman–Crippen MR) is 50.9 cm³/mol. The van der Waals surface area contributed by atoms with Crippen molar-refractivity contribution in [2.45, 2.75) is 37.6 Å². The smallest absolute Gasteiger partial charge is 0.209 e. The number of rotatable bonds is 3. The maximum Gasteiger partial charge on any atom is 0.209 e. The summed E-state index contributed by atoms with van der Waals surface area (Å²) >= 11 is 0. The van der Waals surface area contributed by atoms with E-state index in [0.29, 0.717) is 0 Å². The van der Waals surface area contributed by atoms with Crippen molar-refractivity contribution in [2.75, 3.05) is 12.9 Å². The molecule has 0 aromatic heterocycles. The molecule has 0 radical (unpaired) electrons. The van der Waals surface area contributed by atoms with E-state index in [0.717, 1.165) is 38.4 Å². The van der Waals surface area contributed by atoms with Gasteiger partial charge in [-0.05, 0) is 12.8 Å². The van der Waals surface area contributed by atoms with Gasteiger partial charge in [0, 0.05) is 0 Å². The number of sulfonamides is 1. The molecule has 0 aromatic rings. The lowest BCUT2D eigenvalue weighted by Gasteiger charge is -2.35. The molecule has 78 valence electrons. The fourth-order valence-corrected chi connectivity index (χ4v) is 2.97. The van der Waals surface area contributed by atoms with Crippen LogP contribution in [0.25, 0.3) is 0 Å². The molecule has 5 heteroatoms. The maximum atomic E-state index is 11.0. The molecule has 0 spiro atoms. The Hall–Kier alpha value is -0.130. The molecule has 0 unspecified atom stereocenters. The van der Waals surface area contributed by atoms with E-state index in [2.05, 4.69) is 4.72 Å². The molecule has 2 N–H and O–H groups in total. The van der Waals surface area contributed by atoms with Gasteiger partial charge < -0.3 is 5.11 Å². The molecule has 0 aliphatic heterocycles. The van der Waals surface area contributed by atoms with Gasteiger partial charge in [-0.3, -0.25) is 0 Å². The summed E-state index contributed by atoms with van der Waals surface area (Å²) in [7, 11) is -3.20. The van der Waals surface area contributed by atoms with Gasteiger partial charge >= 0.3 is 0 Å². The molecule has 1 aliphatic rings. The minimum Gasteiger partial charge on any atom is -0.394 e. The van der Waals surface area contributed by atoms with Crippen molar-refractivity contribution in [3.63, 3.8) is 0 Å². The average molecular weight is 207 g/mol.